The van der Waals surface area contributed by atoms with Crippen molar-refractivity contribution >= 4 is 22.4 Å². The number of carbonyl (C=O) groups is 1. The molecule has 0 atom stereocenters. The standard InChI is InChI=1S/C14H15N5O3S/c15-14-17-9(8-23-14)5-6-16-11(20)3-4-12-18-13(19-22-12)10-2-1-7-21-10/h1-2,7-8H,3-6H2,(H2,15,17)(H,16,20). The van der Waals surface area contributed by atoms with Crippen molar-refractivity contribution in [2.75, 3.05) is 12.3 Å². The number of nitrogens with zero attached hydrogens (tertiary/aromatic N) is 3. The lowest BCUT2D eigenvalue weighted by atomic mass is 10.3. The number of carbonyl (C=O) groups excluding carboxylic acids is 1. The Bertz CT molecular complexity index is 765. The first kappa shape index (κ1) is 15.2. The van der Waals surface area contributed by atoms with E-state index in [0.717, 1.165) is 5.69 Å². The lowest BCUT2D eigenvalue weighted by Gasteiger charge is -2.02. The number of nitrogens with two attached hydrogens (primary N) is 1. The van der Waals surface area contributed by atoms with E-state index < -0.39 is 0 Å². The molecule has 0 radical (unpaired) electrons. The molecule has 0 fully saturated rings. The van der Waals surface area contributed by atoms with Gasteiger partial charge < -0.3 is 20.0 Å². The number of amides is 1. The normalized spacial score (nSPS) is 10.8. The first-order chi connectivity index (χ1) is 11.2. The van der Waals surface area contributed by atoms with Crippen molar-refractivity contribution in [3.05, 3.63) is 35.4 Å². The van der Waals surface area contributed by atoms with Gasteiger partial charge in [0.2, 0.25) is 17.6 Å². The molecule has 3 N–H and O–H groups in total. The molecule has 3 rings (SSSR count). The molecule has 0 saturated heterocycles. The summed E-state index contributed by atoms with van der Waals surface area (Å²) in [6.07, 6.45) is 2.85. The van der Waals surface area contributed by atoms with Crippen LogP contribution in [0.1, 0.15) is 18.0 Å². The van der Waals surface area contributed by atoms with E-state index >= 15 is 0 Å². The van der Waals surface area contributed by atoms with Gasteiger partial charge >= 0.3 is 0 Å². The van der Waals surface area contributed by atoms with Gasteiger partial charge in [-0.05, 0) is 12.1 Å². The van der Waals surface area contributed by atoms with Gasteiger partial charge in [-0.3, -0.25) is 4.79 Å². The Labute approximate surface area is 135 Å². The summed E-state index contributed by atoms with van der Waals surface area (Å²) < 4.78 is 10.3. The van der Waals surface area contributed by atoms with E-state index in [-0.39, 0.29) is 12.3 Å². The first-order valence-corrected chi connectivity index (χ1v) is 7.92. The van der Waals surface area contributed by atoms with E-state index in [2.05, 4.69) is 20.4 Å². The second-order valence-electron chi connectivity index (χ2n) is 4.77. The van der Waals surface area contributed by atoms with Crippen LogP contribution in [0.15, 0.2) is 32.7 Å². The molecule has 0 unspecified atom stereocenters. The highest BCUT2D eigenvalue weighted by Gasteiger charge is 2.12. The molecular weight excluding hydrogens is 318 g/mol. The van der Waals surface area contributed by atoms with Gasteiger partial charge in [0.05, 0.1) is 12.0 Å². The average molecular weight is 333 g/mol. The number of anilines is 1. The summed E-state index contributed by atoms with van der Waals surface area (Å²) in [7, 11) is 0. The van der Waals surface area contributed by atoms with Gasteiger partial charge in [0, 0.05) is 31.2 Å². The van der Waals surface area contributed by atoms with Gasteiger partial charge in [0.25, 0.3) is 0 Å². The van der Waals surface area contributed by atoms with Crippen LogP contribution in [0.25, 0.3) is 11.6 Å². The molecule has 0 saturated carbocycles. The highest BCUT2D eigenvalue weighted by Crippen LogP contribution is 2.16. The molecule has 1 amide bonds. The van der Waals surface area contributed by atoms with Crippen LogP contribution in [-0.2, 0) is 17.6 Å². The van der Waals surface area contributed by atoms with Gasteiger partial charge in [-0.2, -0.15) is 4.98 Å². The molecule has 0 bridgehead atoms. The Morgan fingerprint density at radius 1 is 1.35 bits per heavy atom. The van der Waals surface area contributed by atoms with Crippen LogP contribution < -0.4 is 11.1 Å². The van der Waals surface area contributed by atoms with Crippen molar-refractivity contribution < 1.29 is 13.7 Å². The van der Waals surface area contributed by atoms with Crippen LogP contribution in [0.2, 0.25) is 0 Å². The third kappa shape index (κ3) is 4.16. The smallest absolute Gasteiger partial charge is 0.238 e. The minimum absolute atomic E-state index is 0.0778. The maximum Gasteiger partial charge on any atom is 0.238 e. The summed E-state index contributed by atoms with van der Waals surface area (Å²) in [5.74, 6) is 1.24. The molecule has 0 aliphatic heterocycles. The fourth-order valence-corrected chi connectivity index (χ4v) is 2.54. The number of aryl methyl sites for hydroxylation is 1. The molecule has 0 aromatic carbocycles. The Balaban J connectivity index is 1.40. The van der Waals surface area contributed by atoms with Crippen LogP contribution in [0.4, 0.5) is 5.13 Å². The molecule has 9 heteroatoms. The largest absolute Gasteiger partial charge is 0.461 e. The van der Waals surface area contributed by atoms with E-state index in [9.17, 15) is 4.79 Å². The maximum atomic E-state index is 11.8. The Morgan fingerprint density at radius 2 is 2.26 bits per heavy atom. The first-order valence-electron chi connectivity index (χ1n) is 7.04. The third-order valence-corrected chi connectivity index (χ3v) is 3.77. The lowest BCUT2D eigenvalue weighted by Crippen LogP contribution is -2.26. The number of furan rings is 1. The number of nitrogen functional groups attached to an aromatic ring is 1. The molecule has 3 heterocycles. The third-order valence-electron chi connectivity index (χ3n) is 3.05. The molecule has 0 aliphatic rings. The minimum Gasteiger partial charge on any atom is -0.461 e. The number of hydrogen-bond donors (Lipinski definition) is 2. The topological polar surface area (TPSA) is 120 Å². The number of rotatable bonds is 7. The van der Waals surface area contributed by atoms with E-state index in [1.165, 1.54) is 17.6 Å². The second kappa shape index (κ2) is 7.05. The van der Waals surface area contributed by atoms with Crippen molar-refractivity contribution in [2.45, 2.75) is 19.3 Å². The van der Waals surface area contributed by atoms with Crippen molar-refractivity contribution in [2.24, 2.45) is 0 Å². The molecule has 3 aromatic rings. The van der Waals surface area contributed by atoms with Crippen LogP contribution in [-0.4, -0.2) is 27.6 Å². The quantitative estimate of drug-likeness (QED) is 0.674. The fraction of sp³-hybridized carbons (Fsp3) is 0.286. The SMILES string of the molecule is Nc1nc(CCNC(=O)CCc2nc(-c3ccco3)no2)cs1. The van der Waals surface area contributed by atoms with Gasteiger partial charge in [-0.25, -0.2) is 4.98 Å². The summed E-state index contributed by atoms with van der Waals surface area (Å²) in [5, 5.41) is 9.05. The zero-order valence-electron chi connectivity index (χ0n) is 12.2. The second-order valence-corrected chi connectivity index (χ2v) is 5.66. The van der Waals surface area contributed by atoms with E-state index in [4.69, 9.17) is 14.7 Å². The van der Waals surface area contributed by atoms with Crippen molar-refractivity contribution in [3.8, 4) is 11.6 Å². The highest BCUT2D eigenvalue weighted by atomic mass is 32.1. The van der Waals surface area contributed by atoms with Gasteiger partial charge in [0.15, 0.2) is 10.9 Å². The van der Waals surface area contributed by atoms with Crippen LogP contribution in [0, 0.1) is 0 Å². The van der Waals surface area contributed by atoms with Crippen molar-refractivity contribution in [3.63, 3.8) is 0 Å². The van der Waals surface area contributed by atoms with Crippen LogP contribution >= 0.6 is 11.3 Å². The maximum absolute atomic E-state index is 11.8. The Kier molecular flexibility index (Phi) is 4.67. The van der Waals surface area contributed by atoms with Crippen LogP contribution in [0.3, 0.4) is 0 Å². The summed E-state index contributed by atoms with van der Waals surface area (Å²) in [5.41, 5.74) is 6.43. The van der Waals surface area contributed by atoms with E-state index in [1.54, 1.807) is 12.1 Å². The summed E-state index contributed by atoms with van der Waals surface area (Å²) in [6, 6.07) is 3.49. The molecule has 3 aromatic heterocycles. The predicted octanol–water partition coefficient (Wildman–Crippen LogP) is 1.66. The number of nitrogens with one attached hydrogen (secondary N) is 1. The molecular formula is C14H15N5O3S. The van der Waals surface area contributed by atoms with Gasteiger partial charge in [-0.1, -0.05) is 5.16 Å². The summed E-state index contributed by atoms with van der Waals surface area (Å²) in [4.78, 5) is 20.1. The molecule has 8 nitrogen and oxygen atoms in total. The molecule has 120 valence electrons. The van der Waals surface area contributed by atoms with Crippen molar-refractivity contribution in [1.82, 2.24) is 20.4 Å². The highest BCUT2D eigenvalue weighted by molar-refractivity contribution is 7.13. The average Bonchev–Trinajstić information content (AvgIpc) is 3.26. The van der Waals surface area contributed by atoms with E-state index in [0.29, 0.717) is 42.0 Å². The lowest BCUT2D eigenvalue weighted by molar-refractivity contribution is -0.121. The predicted molar refractivity (Wildman–Crippen MR) is 83.6 cm³/mol. The summed E-state index contributed by atoms with van der Waals surface area (Å²) in [6.45, 7) is 0.517. The van der Waals surface area contributed by atoms with Gasteiger partial charge in [0.1, 0.15) is 0 Å². The minimum atomic E-state index is -0.0778. The van der Waals surface area contributed by atoms with Crippen molar-refractivity contribution in [1.29, 1.82) is 0 Å². The van der Waals surface area contributed by atoms with Crippen LogP contribution in [0.5, 0.6) is 0 Å². The molecule has 0 spiro atoms. The molecule has 0 aliphatic carbocycles. The van der Waals surface area contributed by atoms with E-state index in [1.807, 2.05) is 5.38 Å². The Hall–Kier alpha value is -2.68. The number of hydrogen-bond acceptors (Lipinski definition) is 8. The summed E-state index contributed by atoms with van der Waals surface area (Å²) >= 11 is 1.39. The Morgan fingerprint density at radius 3 is 3.00 bits per heavy atom. The number of aromatic nitrogens is 3. The molecule has 23 heavy (non-hydrogen) atoms. The zero-order valence-corrected chi connectivity index (χ0v) is 13.0. The number of thiazole rings is 1. The fourth-order valence-electron chi connectivity index (χ4n) is 1.94. The zero-order chi connectivity index (χ0) is 16.1. The van der Waals surface area contributed by atoms with Gasteiger partial charge in [-0.15, -0.1) is 11.3 Å². The monoisotopic (exact) mass is 333 g/mol.